The third-order valence-electron chi connectivity index (χ3n) is 17.8. The molecule has 0 saturated carbocycles. The average molecular weight is 1420 g/mol. The van der Waals surface area contributed by atoms with Crippen molar-refractivity contribution in [2.24, 2.45) is 0 Å². The first-order chi connectivity index (χ1) is 45.8. The quantitative estimate of drug-likeness (QED) is 0.0427. The third kappa shape index (κ3) is 17.6. The summed E-state index contributed by atoms with van der Waals surface area (Å²) in [6.07, 6.45) is -72.2. The summed E-state index contributed by atoms with van der Waals surface area (Å²) in [4.78, 5) is 37.8. The van der Waals surface area contributed by atoms with Crippen LogP contribution >= 0.6 is 0 Å². The molecule has 3 amide bonds. The highest BCUT2D eigenvalue weighted by molar-refractivity contribution is 5.74. The standard InChI is InChI=1S/C54H91N3O40/c1-12-42(93-52-39(79)35(75)28(68)18(7-60)89-52)37(77)40(80)50(85-12)84-11-22-44(32(72)23(47(82)86-22)55-13(2)63)94-49-25(57-15(4)65)33(73)43(20(9-62)91-49)95-53-41(81)45(30(70)21(92-53)10-83-51-38(78)34(74)27(67)17(6-59)88-51)96-54-46(36(76)29(69)19(8-61)90-54)97-48-24(56-14(3)64)31(71)26(66)16(5-58)87-48/h12,16-54,58-62,66-82H,5-11H2,1-4H3,(H,55,63)(H,56,64)(H,57,65)/t12-,16+,17+,18+,19+,20+,21+,22+,23+,24+,25+,26+,27+,28-,29+,30+,31+,32+,33+,34-,35-,36-,37-,38-,39+,40-,41-,42+,43+,44+,45-,46-,47+,48-,49-,50+,51-,52-,53-,54+/m0/s1. The number of hydrogen-bond acceptors (Lipinski definition) is 40. The van der Waals surface area contributed by atoms with E-state index in [1.807, 2.05) is 0 Å². The van der Waals surface area contributed by atoms with E-state index in [4.69, 9.17) is 71.1 Å². The molecule has 40 atom stereocenters. The molecule has 0 unspecified atom stereocenters. The summed E-state index contributed by atoms with van der Waals surface area (Å²) in [7, 11) is 0. The smallest absolute Gasteiger partial charge is 0.217 e. The van der Waals surface area contributed by atoms with Crippen molar-refractivity contribution >= 4 is 17.7 Å². The van der Waals surface area contributed by atoms with Gasteiger partial charge in [-0.1, -0.05) is 0 Å². The molecule has 0 aromatic carbocycles. The monoisotopic (exact) mass is 1420 g/mol. The van der Waals surface area contributed by atoms with Gasteiger partial charge in [0.05, 0.1) is 52.4 Å². The van der Waals surface area contributed by atoms with Crippen molar-refractivity contribution in [1.29, 1.82) is 0 Å². The number of carbonyl (C=O) groups excluding carboxylic acids is 3. The highest BCUT2D eigenvalue weighted by Gasteiger charge is 2.59. The van der Waals surface area contributed by atoms with Gasteiger partial charge in [-0.3, -0.25) is 14.4 Å². The topological polar surface area (TPSA) is 671 Å². The van der Waals surface area contributed by atoms with Gasteiger partial charge in [0, 0.05) is 20.8 Å². The fourth-order valence-corrected chi connectivity index (χ4v) is 12.4. The Labute approximate surface area is 549 Å². The van der Waals surface area contributed by atoms with E-state index in [9.17, 15) is 127 Å². The summed E-state index contributed by atoms with van der Waals surface area (Å²) in [5, 5.41) is 247. The Morgan fingerprint density at radius 3 is 1.16 bits per heavy atom. The van der Waals surface area contributed by atoms with Crippen LogP contribution in [0.25, 0.3) is 0 Å². The molecule has 8 aliphatic rings. The molecule has 25 N–H and O–H groups in total. The van der Waals surface area contributed by atoms with Gasteiger partial charge in [0.25, 0.3) is 0 Å². The lowest BCUT2D eigenvalue weighted by atomic mass is 9.93. The minimum absolute atomic E-state index is 0.826. The molecule has 0 aliphatic carbocycles. The van der Waals surface area contributed by atoms with Gasteiger partial charge in [-0.2, -0.15) is 0 Å². The van der Waals surface area contributed by atoms with Crippen molar-refractivity contribution in [2.45, 2.75) is 273 Å². The molecule has 8 aliphatic heterocycles. The van der Waals surface area contributed by atoms with Crippen LogP contribution in [0.15, 0.2) is 0 Å². The summed E-state index contributed by atoms with van der Waals surface area (Å²) >= 11 is 0. The Balaban J connectivity index is 1.06. The van der Waals surface area contributed by atoms with Crippen LogP contribution in [0.2, 0.25) is 0 Å². The number of nitrogens with one attached hydrogen (secondary N) is 3. The molecule has 0 spiro atoms. The van der Waals surface area contributed by atoms with Crippen molar-refractivity contribution in [3.8, 4) is 0 Å². The van der Waals surface area contributed by atoms with E-state index in [-0.39, 0.29) is 0 Å². The molecule has 0 aromatic rings. The highest BCUT2D eigenvalue weighted by atomic mass is 16.8. The minimum atomic E-state index is -2.43. The number of aliphatic hydroxyl groups is 22. The van der Waals surface area contributed by atoms with Crippen molar-refractivity contribution in [3.05, 3.63) is 0 Å². The van der Waals surface area contributed by atoms with Crippen LogP contribution < -0.4 is 16.0 Å². The van der Waals surface area contributed by atoms with Crippen molar-refractivity contribution in [2.75, 3.05) is 46.2 Å². The number of carbonyl (C=O) groups is 3. The lowest BCUT2D eigenvalue weighted by molar-refractivity contribution is -0.394. The van der Waals surface area contributed by atoms with Crippen molar-refractivity contribution in [1.82, 2.24) is 16.0 Å². The molecule has 0 radical (unpaired) electrons. The maximum Gasteiger partial charge on any atom is 0.217 e. The first-order valence-electron chi connectivity index (χ1n) is 31.0. The summed E-state index contributed by atoms with van der Waals surface area (Å²) in [6, 6.07) is -5.39. The number of aliphatic hydroxyl groups excluding tert-OH is 22. The van der Waals surface area contributed by atoms with E-state index in [0.29, 0.717) is 0 Å². The SMILES string of the molecule is CC(=O)N[C@@H]1[C@@H](O)[C@H](O[C@@H]2O[C@H](CO)[C@@H](O[C@@H]3O[C@H](CO[C@H]4O[C@H](CO)[C@@H](O)[C@H](O)[C@@H]4O)[C@@H](O)[C@H](O[C@H]4O[C@H](CO)[C@@H](O)[C@H](O)[C@@H]4O[C@@H]4O[C@H](CO)[C@@H](O)[C@H](O)[C@H]4NC(C)=O)[C@@H]3O)[C@H](O)[C@H]2NC(C)=O)[C@@H](CO[C@@H]2O[C@@H](C)[C@@H](O[C@@H]3O[C@H](CO)[C@H](O)[C@H](O)[C@H]3O)[C@@H](O)[C@@H]2O)O[C@H]1O. The molecule has 8 saturated heterocycles. The molecular weight excluding hydrogens is 1330 g/mol. The number of ether oxygens (including phenoxy) is 15. The van der Waals surface area contributed by atoms with E-state index >= 15 is 0 Å². The van der Waals surface area contributed by atoms with Crippen LogP contribution in [0.3, 0.4) is 0 Å². The van der Waals surface area contributed by atoms with Crippen molar-refractivity contribution in [3.63, 3.8) is 0 Å². The maximum atomic E-state index is 13.0. The van der Waals surface area contributed by atoms with Crippen LogP contribution in [-0.2, 0) is 85.4 Å². The van der Waals surface area contributed by atoms with Gasteiger partial charge >= 0.3 is 0 Å². The van der Waals surface area contributed by atoms with E-state index < -0.39 is 309 Å². The second-order valence-electron chi connectivity index (χ2n) is 24.6. The second kappa shape index (κ2) is 34.5. The Bertz CT molecular complexity index is 2490. The number of rotatable bonds is 24. The van der Waals surface area contributed by atoms with Gasteiger partial charge in [-0.25, -0.2) is 0 Å². The fourth-order valence-electron chi connectivity index (χ4n) is 12.4. The molecular formula is C54H91N3O40. The molecule has 97 heavy (non-hydrogen) atoms. The maximum absolute atomic E-state index is 13.0. The zero-order valence-electron chi connectivity index (χ0n) is 52.2. The van der Waals surface area contributed by atoms with Crippen molar-refractivity contribution < 1.29 is 198 Å². The summed E-state index contributed by atoms with van der Waals surface area (Å²) < 4.78 is 87.5. The molecule has 0 bridgehead atoms. The average Bonchev–Trinajstić information content (AvgIpc) is 0.782. The number of amides is 3. The molecule has 562 valence electrons. The van der Waals surface area contributed by atoms with Gasteiger partial charge in [-0.05, 0) is 6.92 Å². The summed E-state index contributed by atoms with van der Waals surface area (Å²) in [6.45, 7) is -2.58. The molecule has 8 rings (SSSR count). The van der Waals surface area contributed by atoms with E-state index in [1.54, 1.807) is 0 Å². The van der Waals surface area contributed by atoms with Gasteiger partial charge in [0.15, 0.2) is 50.3 Å². The molecule has 8 fully saturated rings. The molecule has 0 aromatic heterocycles. The van der Waals surface area contributed by atoms with Crippen LogP contribution in [0.1, 0.15) is 27.7 Å². The van der Waals surface area contributed by atoms with Gasteiger partial charge in [-0.15, -0.1) is 0 Å². The largest absolute Gasteiger partial charge is 0.394 e. The molecule has 8 heterocycles. The Hall–Kier alpha value is -3.07. The predicted molar refractivity (Wildman–Crippen MR) is 298 cm³/mol. The predicted octanol–water partition coefficient (Wildman–Crippen LogP) is -17.0. The second-order valence-corrected chi connectivity index (χ2v) is 24.6. The molecule has 43 nitrogen and oxygen atoms in total. The summed E-state index contributed by atoms with van der Waals surface area (Å²) in [5.41, 5.74) is 0. The third-order valence-corrected chi connectivity index (χ3v) is 17.8. The Kier molecular flexibility index (Phi) is 28.3. The minimum Gasteiger partial charge on any atom is -0.394 e. The van der Waals surface area contributed by atoms with Crippen LogP contribution in [-0.4, -0.2) is 422 Å². The molecule has 43 heteroatoms. The zero-order valence-corrected chi connectivity index (χ0v) is 52.2. The van der Waals surface area contributed by atoms with E-state index in [2.05, 4.69) is 16.0 Å². The number of hydrogen-bond donors (Lipinski definition) is 25. The van der Waals surface area contributed by atoms with E-state index in [1.165, 1.54) is 6.92 Å². The van der Waals surface area contributed by atoms with Crippen LogP contribution in [0.4, 0.5) is 0 Å². The lowest BCUT2D eigenvalue weighted by Crippen LogP contribution is -2.70. The van der Waals surface area contributed by atoms with E-state index in [0.717, 1.165) is 20.8 Å². The normalized spacial score (nSPS) is 49.9. The first-order valence-corrected chi connectivity index (χ1v) is 31.0. The highest BCUT2D eigenvalue weighted by Crippen LogP contribution is 2.38. The van der Waals surface area contributed by atoms with Gasteiger partial charge in [0.1, 0.15) is 189 Å². The fraction of sp³-hybridized carbons (Fsp3) is 0.944. The van der Waals surface area contributed by atoms with Gasteiger partial charge < -0.3 is 199 Å². The lowest BCUT2D eigenvalue weighted by Gasteiger charge is -2.51. The first kappa shape index (κ1) is 79.6. The summed E-state index contributed by atoms with van der Waals surface area (Å²) in [5.74, 6) is -2.59. The van der Waals surface area contributed by atoms with Gasteiger partial charge in [0.2, 0.25) is 17.7 Å². The zero-order chi connectivity index (χ0) is 71.5. The van der Waals surface area contributed by atoms with Crippen LogP contribution in [0, 0.1) is 0 Å². The Morgan fingerprint density at radius 1 is 0.289 bits per heavy atom. The Morgan fingerprint density at radius 2 is 0.629 bits per heavy atom. The van der Waals surface area contributed by atoms with Crippen LogP contribution in [0.5, 0.6) is 0 Å².